The summed E-state index contributed by atoms with van der Waals surface area (Å²) in [5, 5.41) is 3.75. The maximum Gasteiger partial charge on any atom is 0.407 e. The molecule has 1 aromatic rings. The Labute approximate surface area is 118 Å². The van der Waals surface area contributed by atoms with Crippen molar-refractivity contribution in [3.05, 3.63) is 35.9 Å². The highest BCUT2D eigenvalue weighted by atomic mass is 16.7. The normalized spacial score (nSPS) is 9.90. The highest BCUT2D eigenvalue weighted by molar-refractivity contribution is 5.74. The molecule has 0 aliphatic heterocycles. The van der Waals surface area contributed by atoms with E-state index >= 15 is 0 Å². The SMILES string of the molecule is CON(C)C(=O)CCCNC(=O)OCc1ccccc1. The van der Waals surface area contributed by atoms with Crippen LogP contribution in [-0.4, -0.2) is 37.8 Å². The molecule has 0 saturated carbocycles. The first-order chi connectivity index (χ1) is 9.63. The highest BCUT2D eigenvalue weighted by Crippen LogP contribution is 2.00. The number of alkyl carbamates (subject to hydrolysis) is 1. The van der Waals surface area contributed by atoms with Crippen LogP contribution in [0.25, 0.3) is 0 Å². The number of nitrogens with one attached hydrogen (secondary N) is 1. The van der Waals surface area contributed by atoms with Crippen molar-refractivity contribution in [2.75, 3.05) is 20.7 Å². The van der Waals surface area contributed by atoms with Gasteiger partial charge in [-0.15, -0.1) is 0 Å². The summed E-state index contributed by atoms with van der Waals surface area (Å²) in [6.45, 7) is 0.620. The van der Waals surface area contributed by atoms with Crippen LogP contribution in [0.3, 0.4) is 0 Å². The second-order valence-electron chi connectivity index (χ2n) is 4.17. The molecule has 0 heterocycles. The largest absolute Gasteiger partial charge is 0.445 e. The zero-order chi connectivity index (χ0) is 14.8. The lowest BCUT2D eigenvalue weighted by molar-refractivity contribution is -0.168. The van der Waals surface area contributed by atoms with Crippen molar-refractivity contribution in [2.24, 2.45) is 0 Å². The smallest absolute Gasteiger partial charge is 0.407 e. The van der Waals surface area contributed by atoms with Crippen LogP contribution in [0, 0.1) is 0 Å². The van der Waals surface area contributed by atoms with Crippen molar-refractivity contribution in [1.29, 1.82) is 0 Å². The number of ether oxygens (including phenoxy) is 1. The van der Waals surface area contributed by atoms with Gasteiger partial charge in [0.15, 0.2) is 0 Å². The fourth-order valence-electron chi connectivity index (χ4n) is 1.46. The van der Waals surface area contributed by atoms with Crippen molar-refractivity contribution >= 4 is 12.0 Å². The van der Waals surface area contributed by atoms with Gasteiger partial charge in [-0.25, -0.2) is 9.86 Å². The third-order valence-corrected chi connectivity index (χ3v) is 2.67. The molecule has 0 atom stereocenters. The van der Waals surface area contributed by atoms with E-state index in [4.69, 9.17) is 9.57 Å². The van der Waals surface area contributed by atoms with Gasteiger partial charge in [-0.1, -0.05) is 30.3 Å². The molecule has 6 heteroatoms. The predicted molar refractivity (Wildman–Crippen MR) is 73.6 cm³/mol. The molecule has 20 heavy (non-hydrogen) atoms. The maximum absolute atomic E-state index is 11.4. The lowest BCUT2D eigenvalue weighted by Crippen LogP contribution is -2.28. The van der Waals surface area contributed by atoms with Gasteiger partial charge in [-0.3, -0.25) is 9.63 Å². The standard InChI is InChI=1S/C14H20N2O4/c1-16(19-2)13(17)9-6-10-15-14(18)20-11-12-7-4-3-5-8-12/h3-5,7-8H,6,9-11H2,1-2H3,(H,15,18). The van der Waals surface area contributed by atoms with E-state index in [2.05, 4.69) is 5.32 Å². The molecule has 1 N–H and O–H groups in total. The van der Waals surface area contributed by atoms with Gasteiger partial charge >= 0.3 is 6.09 Å². The van der Waals surface area contributed by atoms with E-state index in [0.717, 1.165) is 10.6 Å². The van der Waals surface area contributed by atoms with Crippen LogP contribution in [0.4, 0.5) is 4.79 Å². The molecule has 0 aliphatic carbocycles. The summed E-state index contributed by atoms with van der Waals surface area (Å²) in [6.07, 6.45) is 0.359. The van der Waals surface area contributed by atoms with Crippen LogP contribution in [0.15, 0.2) is 30.3 Å². The minimum Gasteiger partial charge on any atom is -0.445 e. The molecule has 1 rings (SSSR count). The lowest BCUT2D eigenvalue weighted by Gasteiger charge is -2.13. The summed E-state index contributed by atoms with van der Waals surface area (Å²) in [4.78, 5) is 27.5. The van der Waals surface area contributed by atoms with Gasteiger partial charge in [-0.2, -0.15) is 0 Å². The van der Waals surface area contributed by atoms with Crippen molar-refractivity contribution in [3.8, 4) is 0 Å². The van der Waals surface area contributed by atoms with Crippen LogP contribution in [-0.2, 0) is 21.0 Å². The fraction of sp³-hybridized carbons (Fsp3) is 0.429. The van der Waals surface area contributed by atoms with Crippen LogP contribution in [0.2, 0.25) is 0 Å². The molecular weight excluding hydrogens is 260 g/mol. The molecule has 0 spiro atoms. The van der Waals surface area contributed by atoms with Crippen molar-refractivity contribution < 1.29 is 19.2 Å². The Kier molecular flexibility index (Phi) is 7.13. The van der Waals surface area contributed by atoms with E-state index in [9.17, 15) is 9.59 Å². The number of hydrogen-bond donors (Lipinski definition) is 1. The first-order valence-corrected chi connectivity index (χ1v) is 6.38. The number of rotatable bonds is 7. The Morgan fingerprint density at radius 1 is 1.25 bits per heavy atom. The number of hydrogen-bond acceptors (Lipinski definition) is 4. The number of carbonyl (C=O) groups excluding carboxylic acids is 2. The van der Waals surface area contributed by atoms with Crippen molar-refractivity contribution in [3.63, 3.8) is 0 Å². The topological polar surface area (TPSA) is 67.9 Å². The number of carbonyl (C=O) groups is 2. The van der Waals surface area contributed by atoms with Gasteiger partial charge in [0, 0.05) is 20.0 Å². The van der Waals surface area contributed by atoms with Gasteiger partial charge in [0.25, 0.3) is 0 Å². The summed E-state index contributed by atoms with van der Waals surface area (Å²) < 4.78 is 5.03. The first kappa shape index (κ1) is 16.0. The van der Waals surface area contributed by atoms with Crippen LogP contribution < -0.4 is 5.32 Å². The summed E-state index contributed by atoms with van der Waals surface area (Å²) >= 11 is 0. The molecule has 0 radical (unpaired) electrons. The monoisotopic (exact) mass is 280 g/mol. The quantitative estimate of drug-likeness (QED) is 0.610. The number of amides is 2. The average Bonchev–Trinajstić information content (AvgIpc) is 2.49. The van der Waals surface area contributed by atoms with E-state index in [1.54, 1.807) is 7.05 Å². The van der Waals surface area contributed by atoms with Crippen LogP contribution in [0.5, 0.6) is 0 Å². The van der Waals surface area contributed by atoms with Gasteiger partial charge < -0.3 is 10.1 Å². The summed E-state index contributed by atoms with van der Waals surface area (Å²) in [6, 6.07) is 9.43. The summed E-state index contributed by atoms with van der Waals surface area (Å²) in [5.41, 5.74) is 0.930. The Hall–Kier alpha value is -2.08. The molecule has 2 amide bonds. The fourth-order valence-corrected chi connectivity index (χ4v) is 1.46. The summed E-state index contributed by atoms with van der Waals surface area (Å²) in [7, 11) is 2.97. The molecule has 0 bridgehead atoms. The second-order valence-corrected chi connectivity index (χ2v) is 4.17. The van der Waals surface area contributed by atoms with Gasteiger partial charge in [0.2, 0.25) is 5.91 Å². The lowest BCUT2D eigenvalue weighted by atomic mass is 10.2. The molecule has 0 aliphatic rings. The molecule has 1 aromatic carbocycles. The maximum atomic E-state index is 11.4. The minimum atomic E-state index is -0.485. The molecule has 0 aromatic heterocycles. The van der Waals surface area contributed by atoms with Crippen LogP contribution >= 0.6 is 0 Å². The number of benzene rings is 1. The van der Waals surface area contributed by atoms with Crippen molar-refractivity contribution in [2.45, 2.75) is 19.4 Å². The minimum absolute atomic E-state index is 0.132. The van der Waals surface area contributed by atoms with Crippen molar-refractivity contribution in [1.82, 2.24) is 10.4 Å². The molecule has 0 fully saturated rings. The van der Waals surface area contributed by atoms with Gasteiger partial charge in [0.1, 0.15) is 6.61 Å². The molecular formula is C14H20N2O4. The number of hydroxylamine groups is 2. The molecule has 6 nitrogen and oxygen atoms in total. The van der Waals surface area contributed by atoms with Gasteiger partial charge in [-0.05, 0) is 12.0 Å². The average molecular weight is 280 g/mol. The zero-order valence-corrected chi connectivity index (χ0v) is 11.8. The van der Waals surface area contributed by atoms with E-state index in [0.29, 0.717) is 19.4 Å². The van der Waals surface area contributed by atoms with E-state index in [-0.39, 0.29) is 12.5 Å². The first-order valence-electron chi connectivity index (χ1n) is 6.38. The highest BCUT2D eigenvalue weighted by Gasteiger charge is 2.08. The Bertz CT molecular complexity index is 422. The Morgan fingerprint density at radius 2 is 1.95 bits per heavy atom. The van der Waals surface area contributed by atoms with Crippen LogP contribution in [0.1, 0.15) is 18.4 Å². The Balaban J connectivity index is 2.10. The zero-order valence-electron chi connectivity index (χ0n) is 11.8. The van der Waals surface area contributed by atoms with E-state index in [1.807, 2.05) is 30.3 Å². The predicted octanol–water partition coefficient (Wildman–Crippen LogP) is 1.71. The third-order valence-electron chi connectivity index (χ3n) is 2.67. The van der Waals surface area contributed by atoms with Gasteiger partial charge in [0.05, 0.1) is 7.11 Å². The third kappa shape index (κ3) is 6.19. The molecule has 110 valence electrons. The Morgan fingerprint density at radius 3 is 2.60 bits per heavy atom. The van der Waals surface area contributed by atoms with E-state index < -0.39 is 6.09 Å². The second kappa shape index (κ2) is 8.92. The molecule has 0 saturated heterocycles. The summed E-state index contributed by atoms with van der Waals surface area (Å²) in [5.74, 6) is -0.132. The molecule has 0 unspecified atom stereocenters. The van der Waals surface area contributed by atoms with E-state index in [1.165, 1.54) is 7.11 Å². The number of nitrogens with zero attached hydrogens (tertiary/aromatic N) is 1.